The van der Waals surface area contributed by atoms with Crippen molar-refractivity contribution >= 4 is 11.9 Å². The van der Waals surface area contributed by atoms with Gasteiger partial charge in [0.25, 0.3) is 0 Å². The lowest BCUT2D eigenvalue weighted by Crippen LogP contribution is -2.30. The maximum atomic E-state index is 9.10. The minimum absolute atomic E-state index is 0.495. The number of nitrogens with one attached hydrogen (secondary N) is 1. The van der Waals surface area contributed by atoms with E-state index in [2.05, 4.69) is 17.5 Å². The van der Waals surface area contributed by atoms with Crippen molar-refractivity contribution in [2.24, 2.45) is 5.92 Å². The van der Waals surface area contributed by atoms with Crippen molar-refractivity contribution in [3.05, 3.63) is 12.2 Å². The van der Waals surface area contributed by atoms with Gasteiger partial charge in [-0.15, -0.1) is 0 Å². The van der Waals surface area contributed by atoms with E-state index in [4.69, 9.17) is 24.5 Å². The SMILES string of the molecule is C1=CCC(CNCC2CCCO2)CC1.O=C(O)C(=O)O. The highest BCUT2D eigenvalue weighted by atomic mass is 16.5. The van der Waals surface area contributed by atoms with E-state index in [0.717, 1.165) is 19.1 Å². The quantitative estimate of drug-likeness (QED) is 0.532. The van der Waals surface area contributed by atoms with Gasteiger partial charge in [0.15, 0.2) is 0 Å². The Morgan fingerprint density at radius 3 is 2.40 bits per heavy atom. The Bertz CT molecular complexity index is 324. The van der Waals surface area contributed by atoms with Crippen LogP contribution in [0.15, 0.2) is 12.2 Å². The molecule has 20 heavy (non-hydrogen) atoms. The van der Waals surface area contributed by atoms with Gasteiger partial charge in [0.2, 0.25) is 0 Å². The van der Waals surface area contributed by atoms with E-state index >= 15 is 0 Å². The molecule has 0 aromatic carbocycles. The second-order valence-electron chi connectivity index (χ2n) is 5.05. The number of allylic oxidation sites excluding steroid dienone is 2. The summed E-state index contributed by atoms with van der Waals surface area (Å²) in [5.74, 6) is -2.79. The average molecular weight is 285 g/mol. The molecule has 1 saturated heterocycles. The molecule has 1 fully saturated rings. The first-order valence-corrected chi connectivity index (χ1v) is 7.03. The molecule has 0 aromatic rings. The minimum Gasteiger partial charge on any atom is -0.473 e. The van der Waals surface area contributed by atoms with Gasteiger partial charge in [-0.05, 0) is 44.6 Å². The molecule has 2 unspecified atom stereocenters. The van der Waals surface area contributed by atoms with Gasteiger partial charge >= 0.3 is 11.9 Å². The molecule has 3 N–H and O–H groups in total. The van der Waals surface area contributed by atoms with Crippen LogP contribution in [0.25, 0.3) is 0 Å². The summed E-state index contributed by atoms with van der Waals surface area (Å²) in [6.45, 7) is 3.20. The Morgan fingerprint density at radius 2 is 1.90 bits per heavy atom. The highest BCUT2D eigenvalue weighted by molar-refractivity contribution is 6.27. The number of ether oxygens (including phenoxy) is 1. The maximum Gasteiger partial charge on any atom is 0.414 e. The molecule has 6 heteroatoms. The predicted octanol–water partition coefficient (Wildman–Crippen LogP) is 1.27. The summed E-state index contributed by atoms with van der Waals surface area (Å²) in [6, 6.07) is 0. The van der Waals surface area contributed by atoms with Crippen LogP contribution in [-0.2, 0) is 14.3 Å². The summed E-state index contributed by atoms with van der Waals surface area (Å²) in [5, 5.41) is 18.3. The lowest BCUT2D eigenvalue weighted by Gasteiger charge is -2.19. The molecular formula is C14H23NO5. The first kappa shape index (κ1) is 16.7. The van der Waals surface area contributed by atoms with Crippen molar-refractivity contribution in [3.8, 4) is 0 Å². The van der Waals surface area contributed by atoms with Gasteiger partial charge in [-0.1, -0.05) is 12.2 Å². The fourth-order valence-corrected chi connectivity index (χ4v) is 2.30. The number of carbonyl (C=O) groups is 2. The number of carboxylic acid groups (broad SMARTS) is 2. The maximum absolute atomic E-state index is 9.10. The molecule has 1 aliphatic heterocycles. The third kappa shape index (κ3) is 7.25. The fraction of sp³-hybridized carbons (Fsp3) is 0.714. The Labute approximate surface area is 118 Å². The van der Waals surface area contributed by atoms with E-state index in [1.165, 1.54) is 38.6 Å². The van der Waals surface area contributed by atoms with Crippen LogP contribution in [0.3, 0.4) is 0 Å². The van der Waals surface area contributed by atoms with Gasteiger partial charge in [0.05, 0.1) is 6.10 Å². The monoisotopic (exact) mass is 285 g/mol. The standard InChI is InChI=1S/C12H21NO.C2H2O4/c1-2-5-11(6-3-1)9-13-10-12-7-4-8-14-12;3-1(4)2(5)6/h1-2,11-13H,3-10H2;(H,3,4)(H,5,6). The second-order valence-corrected chi connectivity index (χ2v) is 5.05. The lowest BCUT2D eigenvalue weighted by molar-refractivity contribution is -0.159. The summed E-state index contributed by atoms with van der Waals surface area (Å²) >= 11 is 0. The zero-order valence-corrected chi connectivity index (χ0v) is 11.6. The number of carboxylic acids is 2. The van der Waals surface area contributed by atoms with E-state index in [9.17, 15) is 0 Å². The second kappa shape index (κ2) is 9.50. The van der Waals surface area contributed by atoms with Crippen LogP contribution in [0.2, 0.25) is 0 Å². The zero-order valence-electron chi connectivity index (χ0n) is 11.6. The molecule has 6 nitrogen and oxygen atoms in total. The Kier molecular flexibility index (Phi) is 7.91. The van der Waals surface area contributed by atoms with Gasteiger partial charge in [-0.3, -0.25) is 0 Å². The molecule has 2 rings (SSSR count). The average Bonchev–Trinajstić information content (AvgIpc) is 2.94. The molecule has 0 amide bonds. The van der Waals surface area contributed by atoms with Crippen LogP contribution < -0.4 is 5.32 Å². The topological polar surface area (TPSA) is 95.9 Å². The van der Waals surface area contributed by atoms with Crippen LogP contribution >= 0.6 is 0 Å². The molecule has 0 radical (unpaired) electrons. The summed E-state index contributed by atoms with van der Waals surface area (Å²) in [5.41, 5.74) is 0. The minimum atomic E-state index is -1.82. The smallest absolute Gasteiger partial charge is 0.414 e. The van der Waals surface area contributed by atoms with Crippen LogP contribution in [0.4, 0.5) is 0 Å². The van der Waals surface area contributed by atoms with Crippen LogP contribution in [-0.4, -0.2) is 48.0 Å². The Balaban J connectivity index is 0.000000286. The first-order chi connectivity index (χ1) is 9.59. The number of hydrogen-bond acceptors (Lipinski definition) is 4. The Hall–Kier alpha value is -1.40. The Morgan fingerprint density at radius 1 is 1.15 bits per heavy atom. The molecule has 0 saturated carbocycles. The predicted molar refractivity (Wildman–Crippen MR) is 73.6 cm³/mol. The van der Waals surface area contributed by atoms with Crippen molar-refractivity contribution < 1.29 is 24.5 Å². The third-order valence-electron chi connectivity index (χ3n) is 3.39. The molecule has 0 aromatic heterocycles. The van der Waals surface area contributed by atoms with Crippen molar-refractivity contribution in [3.63, 3.8) is 0 Å². The molecule has 114 valence electrons. The zero-order chi connectivity index (χ0) is 14.8. The van der Waals surface area contributed by atoms with Gasteiger partial charge in [0.1, 0.15) is 0 Å². The van der Waals surface area contributed by atoms with Crippen molar-refractivity contribution in [2.45, 2.75) is 38.2 Å². The van der Waals surface area contributed by atoms with Crippen molar-refractivity contribution in [2.75, 3.05) is 19.7 Å². The molecule has 0 bridgehead atoms. The van der Waals surface area contributed by atoms with E-state index in [1.807, 2.05) is 0 Å². The highest BCUT2D eigenvalue weighted by Gasteiger charge is 2.15. The summed E-state index contributed by atoms with van der Waals surface area (Å²) < 4.78 is 5.57. The molecule has 2 aliphatic rings. The van der Waals surface area contributed by atoms with Gasteiger partial charge < -0.3 is 20.3 Å². The van der Waals surface area contributed by atoms with Gasteiger partial charge in [-0.2, -0.15) is 0 Å². The third-order valence-corrected chi connectivity index (χ3v) is 3.39. The fourth-order valence-electron chi connectivity index (χ4n) is 2.30. The van der Waals surface area contributed by atoms with E-state index in [1.54, 1.807) is 0 Å². The number of rotatable bonds is 4. The molecule has 2 atom stereocenters. The normalized spacial score (nSPS) is 24.8. The van der Waals surface area contributed by atoms with E-state index < -0.39 is 11.9 Å². The van der Waals surface area contributed by atoms with Gasteiger partial charge in [0, 0.05) is 13.2 Å². The molecule has 1 aliphatic carbocycles. The van der Waals surface area contributed by atoms with E-state index in [-0.39, 0.29) is 0 Å². The van der Waals surface area contributed by atoms with Crippen molar-refractivity contribution in [1.29, 1.82) is 0 Å². The highest BCUT2D eigenvalue weighted by Crippen LogP contribution is 2.17. The molecular weight excluding hydrogens is 262 g/mol. The van der Waals surface area contributed by atoms with E-state index in [0.29, 0.717) is 6.10 Å². The lowest BCUT2D eigenvalue weighted by atomic mass is 9.94. The molecule has 1 heterocycles. The first-order valence-electron chi connectivity index (χ1n) is 7.03. The van der Waals surface area contributed by atoms with Crippen LogP contribution in [0.5, 0.6) is 0 Å². The number of hydrogen-bond donors (Lipinski definition) is 3. The molecule has 0 spiro atoms. The van der Waals surface area contributed by atoms with Crippen LogP contribution in [0, 0.1) is 5.92 Å². The van der Waals surface area contributed by atoms with Crippen LogP contribution in [0.1, 0.15) is 32.1 Å². The largest absolute Gasteiger partial charge is 0.473 e. The van der Waals surface area contributed by atoms with Crippen molar-refractivity contribution in [1.82, 2.24) is 5.32 Å². The summed E-state index contributed by atoms with van der Waals surface area (Å²) in [7, 11) is 0. The number of aliphatic carboxylic acids is 2. The summed E-state index contributed by atoms with van der Waals surface area (Å²) in [6.07, 6.45) is 11.5. The summed E-state index contributed by atoms with van der Waals surface area (Å²) in [4.78, 5) is 18.2. The van der Waals surface area contributed by atoms with Gasteiger partial charge in [-0.25, -0.2) is 9.59 Å².